The second kappa shape index (κ2) is 6.92. The Balaban J connectivity index is 1.56. The molecule has 0 aliphatic heterocycles. The maximum Gasteiger partial charge on any atom is 0.349 e. The number of benzene rings is 2. The second-order valence-electron chi connectivity index (χ2n) is 6.03. The summed E-state index contributed by atoms with van der Waals surface area (Å²) in [6.07, 6.45) is -0.725. The summed E-state index contributed by atoms with van der Waals surface area (Å²) in [7, 11) is 0. The Morgan fingerprint density at radius 3 is 2.67 bits per heavy atom. The molecule has 0 saturated heterocycles. The van der Waals surface area contributed by atoms with E-state index in [1.807, 2.05) is 30.3 Å². The average molecular weight is 382 g/mol. The van der Waals surface area contributed by atoms with Gasteiger partial charge in [0, 0.05) is 15.6 Å². The number of halogens is 1. The molecule has 0 fully saturated rings. The molecular formula is C20H15FN2O3S. The maximum atomic E-state index is 14.0. The van der Waals surface area contributed by atoms with Gasteiger partial charge in [0.15, 0.2) is 6.10 Å². The zero-order valence-electron chi connectivity index (χ0n) is 14.6. The molecule has 0 aliphatic carbocycles. The van der Waals surface area contributed by atoms with Gasteiger partial charge in [-0.15, -0.1) is 21.5 Å². The minimum absolute atomic E-state index is 0.201. The number of carbonyl (C=O) groups excluding carboxylic acids is 1. The van der Waals surface area contributed by atoms with Crippen molar-refractivity contribution in [2.45, 2.75) is 20.0 Å². The highest BCUT2D eigenvalue weighted by Crippen LogP contribution is 2.34. The van der Waals surface area contributed by atoms with Gasteiger partial charge in [0.2, 0.25) is 5.89 Å². The predicted molar refractivity (Wildman–Crippen MR) is 100 cm³/mol. The molecule has 136 valence electrons. The lowest BCUT2D eigenvalue weighted by molar-refractivity contribution is 0.0285. The number of esters is 1. The van der Waals surface area contributed by atoms with Gasteiger partial charge in [0.25, 0.3) is 5.89 Å². The van der Waals surface area contributed by atoms with E-state index in [0.717, 1.165) is 5.56 Å². The van der Waals surface area contributed by atoms with Crippen LogP contribution in [-0.4, -0.2) is 16.2 Å². The number of aromatic nitrogens is 2. The Kier molecular flexibility index (Phi) is 4.45. The van der Waals surface area contributed by atoms with Crippen molar-refractivity contribution in [3.8, 4) is 11.5 Å². The summed E-state index contributed by atoms with van der Waals surface area (Å²) in [6.45, 7) is 3.37. The molecule has 0 unspecified atom stereocenters. The fourth-order valence-electron chi connectivity index (χ4n) is 2.81. The molecule has 0 spiro atoms. The van der Waals surface area contributed by atoms with Gasteiger partial charge in [-0.1, -0.05) is 24.3 Å². The van der Waals surface area contributed by atoms with Gasteiger partial charge < -0.3 is 9.15 Å². The van der Waals surface area contributed by atoms with Crippen LogP contribution < -0.4 is 0 Å². The summed E-state index contributed by atoms with van der Waals surface area (Å²) in [5, 5.41) is 8.41. The third-order valence-corrected chi connectivity index (χ3v) is 5.42. The van der Waals surface area contributed by atoms with Crippen molar-refractivity contribution in [3.05, 3.63) is 70.7 Å². The van der Waals surface area contributed by atoms with Gasteiger partial charge in [-0.05, 0) is 43.7 Å². The van der Waals surface area contributed by atoms with Crippen LogP contribution in [0, 0.1) is 12.7 Å². The number of hydrogen-bond donors (Lipinski definition) is 0. The SMILES string of the molecule is Cc1c(C(=O)O[C@H](C)c2nnc(-c3ccccc3)o2)sc2cccc(F)c12. The number of fused-ring (bicyclic) bond motifs is 1. The zero-order valence-corrected chi connectivity index (χ0v) is 15.4. The lowest BCUT2D eigenvalue weighted by atomic mass is 10.1. The molecule has 0 aliphatic rings. The summed E-state index contributed by atoms with van der Waals surface area (Å²) in [6, 6.07) is 14.1. The Hall–Kier alpha value is -3.06. The summed E-state index contributed by atoms with van der Waals surface area (Å²) in [5.74, 6) is -0.335. The second-order valence-corrected chi connectivity index (χ2v) is 7.08. The topological polar surface area (TPSA) is 65.2 Å². The van der Waals surface area contributed by atoms with Crippen LogP contribution in [-0.2, 0) is 4.74 Å². The van der Waals surface area contributed by atoms with Crippen molar-refractivity contribution < 1.29 is 18.3 Å². The van der Waals surface area contributed by atoms with Crippen molar-refractivity contribution in [2.75, 3.05) is 0 Å². The van der Waals surface area contributed by atoms with Crippen LogP contribution in [0.1, 0.15) is 34.2 Å². The molecule has 2 heterocycles. The van der Waals surface area contributed by atoms with E-state index in [4.69, 9.17) is 9.15 Å². The van der Waals surface area contributed by atoms with Crippen LogP contribution in [0.15, 0.2) is 52.9 Å². The highest BCUT2D eigenvalue weighted by molar-refractivity contribution is 7.21. The monoisotopic (exact) mass is 382 g/mol. The van der Waals surface area contributed by atoms with Gasteiger partial charge >= 0.3 is 5.97 Å². The largest absolute Gasteiger partial charge is 0.448 e. The van der Waals surface area contributed by atoms with Gasteiger partial charge in [-0.2, -0.15) is 0 Å². The van der Waals surface area contributed by atoms with Crippen LogP contribution in [0.4, 0.5) is 4.39 Å². The van der Waals surface area contributed by atoms with E-state index >= 15 is 0 Å². The molecule has 0 amide bonds. The Morgan fingerprint density at radius 2 is 1.93 bits per heavy atom. The molecule has 0 bridgehead atoms. The van der Waals surface area contributed by atoms with Crippen molar-refractivity contribution in [1.29, 1.82) is 0 Å². The molecule has 2 aromatic carbocycles. The molecule has 4 aromatic rings. The molecule has 0 saturated carbocycles. The Morgan fingerprint density at radius 1 is 1.15 bits per heavy atom. The van der Waals surface area contributed by atoms with Gasteiger partial charge in [0.05, 0.1) is 0 Å². The normalized spacial score (nSPS) is 12.3. The Bertz CT molecular complexity index is 1120. The lowest BCUT2D eigenvalue weighted by Crippen LogP contribution is -2.09. The molecule has 1 atom stereocenters. The molecular weight excluding hydrogens is 367 g/mol. The molecule has 2 aromatic heterocycles. The van der Waals surface area contributed by atoms with Crippen LogP contribution in [0.2, 0.25) is 0 Å². The summed E-state index contributed by atoms with van der Waals surface area (Å²) < 4.78 is 25.8. The quantitative estimate of drug-likeness (QED) is 0.447. The van der Waals surface area contributed by atoms with Gasteiger partial charge in [0.1, 0.15) is 10.7 Å². The first-order valence-electron chi connectivity index (χ1n) is 8.32. The van der Waals surface area contributed by atoms with Crippen molar-refractivity contribution in [2.24, 2.45) is 0 Å². The van der Waals surface area contributed by atoms with Crippen LogP contribution in [0.5, 0.6) is 0 Å². The molecule has 5 nitrogen and oxygen atoms in total. The Labute approximate surface area is 158 Å². The summed E-state index contributed by atoms with van der Waals surface area (Å²) in [5.41, 5.74) is 1.35. The number of aryl methyl sites for hydroxylation is 1. The standard InChI is InChI=1S/C20H15FN2O3S/c1-11-16-14(21)9-6-10-15(16)27-17(11)20(24)25-12(2)18-22-23-19(26-18)13-7-4-3-5-8-13/h3-10,12H,1-2H3/t12-/m1/s1. The molecule has 0 radical (unpaired) electrons. The molecule has 7 heteroatoms. The van der Waals surface area contributed by atoms with Crippen LogP contribution >= 0.6 is 11.3 Å². The number of ether oxygens (including phenoxy) is 1. The van der Waals surface area contributed by atoms with E-state index in [-0.39, 0.29) is 11.7 Å². The first-order valence-corrected chi connectivity index (χ1v) is 9.13. The van der Waals surface area contributed by atoms with Crippen molar-refractivity contribution >= 4 is 27.4 Å². The first-order chi connectivity index (χ1) is 13.0. The third kappa shape index (κ3) is 3.21. The minimum Gasteiger partial charge on any atom is -0.448 e. The van der Waals surface area contributed by atoms with Crippen molar-refractivity contribution in [1.82, 2.24) is 10.2 Å². The van der Waals surface area contributed by atoms with E-state index in [2.05, 4.69) is 10.2 Å². The predicted octanol–water partition coefficient (Wildman–Crippen LogP) is 5.32. The zero-order chi connectivity index (χ0) is 19.0. The fraction of sp³-hybridized carbons (Fsp3) is 0.150. The summed E-state index contributed by atoms with van der Waals surface area (Å²) in [4.78, 5) is 12.9. The van der Waals surface area contributed by atoms with Crippen molar-refractivity contribution in [3.63, 3.8) is 0 Å². The van der Waals surface area contributed by atoms with E-state index in [1.165, 1.54) is 17.4 Å². The number of rotatable bonds is 4. The molecule has 4 rings (SSSR count). The lowest BCUT2D eigenvalue weighted by Gasteiger charge is -2.08. The number of thiophene rings is 1. The number of nitrogens with zero attached hydrogens (tertiary/aromatic N) is 2. The van der Waals surface area contributed by atoms with E-state index in [9.17, 15) is 9.18 Å². The highest BCUT2D eigenvalue weighted by Gasteiger charge is 2.24. The van der Waals surface area contributed by atoms with E-state index < -0.39 is 12.1 Å². The first kappa shape index (κ1) is 17.4. The minimum atomic E-state index is -0.725. The number of carbonyl (C=O) groups is 1. The maximum absolute atomic E-state index is 14.0. The smallest absolute Gasteiger partial charge is 0.349 e. The summed E-state index contributed by atoms with van der Waals surface area (Å²) >= 11 is 1.20. The van der Waals surface area contributed by atoms with E-state index in [1.54, 1.807) is 26.0 Å². The number of hydrogen-bond acceptors (Lipinski definition) is 6. The molecule has 27 heavy (non-hydrogen) atoms. The third-order valence-electron chi connectivity index (χ3n) is 4.18. The van der Waals surface area contributed by atoms with Gasteiger partial charge in [-0.25, -0.2) is 9.18 Å². The fourth-order valence-corrected chi connectivity index (χ4v) is 3.91. The molecule has 0 N–H and O–H groups in total. The average Bonchev–Trinajstić information content (AvgIpc) is 3.28. The highest BCUT2D eigenvalue weighted by atomic mass is 32.1. The van der Waals surface area contributed by atoms with Crippen LogP contribution in [0.3, 0.4) is 0 Å². The van der Waals surface area contributed by atoms with Gasteiger partial charge in [-0.3, -0.25) is 0 Å². The van der Waals surface area contributed by atoms with Crippen LogP contribution in [0.25, 0.3) is 21.5 Å². The van der Waals surface area contributed by atoms with E-state index in [0.29, 0.717) is 26.4 Å².